The fourth-order valence-electron chi connectivity index (χ4n) is 2.71. The van der Waals surface area contributed by atoms with Crippen molar-refractivity contribution in [1.82, 2.24) is 9.97 Å². The Morgan fingerprint density at radius 2 is 1.63 bits per heavy atom. The second-order valence-electron chi connectivity index (χ2n) is 5.82. The summed E-state index contributed by atoms with van der Waals surface area (Å²) < 4.78 is 5.53. The lowest BCUT2D eigenvalue weighted by molar-refractivity contribution is 0.0735. The van der Waals surface area contributed by atoms with Crippen molar-refractivity contribution in [2.24, 2.45) is 0 Å². The summed E-state index contributed by atoms with van der Waals surface area (Å²) in [6, 6.07) is 20.4. The number of benzene rings is 3. The van der Waals surface area contributed by atoms with E-state index in [0.29, 0.717) is 38.6 Å². The van der Waals surface area contributed by atoms with E-state index in [0.717, 1.165) is 0 Å². The van der Waals surface area contributed by atoms with Gasteiger partial charge in [0.1, 0.15) is 11.6 Å². The molecule has 0 atom stereocenters. The normalized spacial score (nSPS) is 10.7. The third-order valence-corrected chi connectivity index (χ3v) is 4.29. The zero-order chi connectivity index (χ0) is 18.8. The molecule has 0 amide bonds. The number of hydrogen-bond acceptors (Lipinski definition) is 4. The minimum atomic E-state index is -0.526. The van der Waals surface area contributed by atoms with Crippen molar-refractivity contribution in [2.75, 3.05) is 0 Å². The second-order valence-corrected chi connectivity index (χ2v) is 6.26. The van der Waals surface area contributed by atoms with E-state index in [-0.39, 0.29) is 5.56 Å². The minimum absolute atomic E-state index is 0.255. The van der Waals surface area contributed by atoms with Crippen molar-refractivity contribution in [2.45, 2.75) is 0 Å². The van der Waals surface area contributed by atoms with Gasteiger partial charge in [-0.15, -0.1) is 0 Å². The topological polar surface area (TPSA) is 72.0 Å². The number of fused-ring (bicyclic) bond motifs is 1. The summed E-state index contributed by atoms with van der Waals surface area (Å²) in [4.78, 5) is 32.0. The van der Waals surface area contributed by atoms with Crippen molar-refractivity contribution < 1.29 is 9.53 Å². The van der Waals surface area contributed by atoms with Crippen LogP contribution in [0, 0.1) is 0 Å². The molecule has 0 unspecified atom stereocenters. The first-order chi connectivity index (χ1) is 13.1. The summed E-state index contributed by atoms with van der Waals surface area (Å²) in [6.07, 6.45) is 0. The van der Waals surface area contributed by atoms with Gasteiger partial charge in [0, 0.05) is 5.02 Å². The third kappa shape index (κ3) is 3.45. The van der Waals surface area contributed by atoms with Crippen LogP contribution < -0.4 is 10.3 Å². The maximum absolute atomic E-state index is 12.4. The number of nitrogens with one attached hydrogen (secondary N) is 1. The Balaban J connectivity index is 1.74. The van der Waals surface area contributed by atoms with E-state index < -0.39 is 5.97 Å². The average Bonchev–Trinajstić information content (AvgIpc) is 2.69. The number of aromatic amines is 1. The molecule has 0 radical (unpaired) electrons. The summed E-state index contributed by atoms with van der Waals surface area (Å²) in [6.45, 7) is 0. The number of carbonyl (C=O) groups is 1. The molecular formula is C21H13ClN2O3. The van der Waals surface area contributed by atoms with Gasteiger partial charge in [0.25, 0.3) is 5.56 Å². The van der Waals surface area contributed by atoms with Gasteiger partial charge in [0.05, 0.1) is 22.0 Å². The van der Waals surface area contributed by atoms with Gasteiger partial charge in [-0.05, 0) is 48.5 Å². The van der Waals surface area contributed by atoms with Crippen LogP contribution in [0.4, 0.5) is 0 Å². The van der Waals surface area contributed by atoms with E-state index in [9.17, 15) is 9.59 Å². The van der Waals surface area contributed by atoms with Gasteiger partial charge in [-0.3, -0.25) is 4.79 Å². The highest BCUT2D eigenvalue weighted by Gasteiger charge is 2.15. The molecule has 1 aromatic heterocycles. The quantitative estimate of drug-likeness (QED) is 0.423. The number of carbonyl (C=O) groups excluding carboxylic acids is 1. The van der Waals surface area contributed by atoms with Crippen LogP contribution in [0.1, 0.15) is 10.4 Å². The van der Waals surface area contributed by atoms with E-state index in [2.05, 4.69) is 9.97 Å². The van der Waals surface area contributed by atoms with Crippen LogP contribution >= 0.6 is 11.6 Å². The molecule has 3 aromatic carbocycles. The van der Waals surface area contributed by atoms with Crippen LogP contribution in [-0.4, -0.2) is 15.9 Å². The van der Waals surface area contributed by atoms with Gasteiger partial charge in [-0.2, -0.15) is 0 Å². The summed E-state index contributed by atoms with van der Waals surface area (Å²) >= 11 is 5.85. The first-order valence-corrected chi connectivity index (χ1v) is 8.56. The van der Waals surface area contributed by atoms with Gasteiger partial charge >= 0.3 is 5.97 Å². The lowest BCUT2D eigenvalue weighted by Gasteiger charge is -2.10. The van der Waals surface area contributed by atoms with Crippen molar-refractivity contribution in [3.8, 4) is 17.1 Å². The van der Waals surface area contributed by atoms with Gasteiger partial charge in [0.2, 0.25) is 0 Å². The number of nitrogens with zero attached hydrogens (tertiary/aromatic N) is 1. The highest BCUT2D eigenvalue weighted by Crippen LogP contribution is 2.28. The molecule has 4 rings (SSSR count). The molecule has 27 heavy (non-hydrogen) atoms. The monoisotopic (exact) mass is 376 g/mol. The van der Waals surface area contributed by atoms with Crippen LogP contribution in [-0.2, 0) is 0 Å². The zero-order valence-electron chi connectivity index (χ0n) is 14.0. The van der Waals surface area contributed by atoms with Crippen LogP contribution in [0.3, 0.4) is 0 Å². The Bertz CT molecular complexity index is 1200. The maximum atomic E-state index is 12.4. The van der Waals surface area contributed by atoms with Crippen molar-refractivity contribution in [1.29, 1.82) is 0 Å². The van der Waals surface area contributed by atoms with E-state index in [1.807, 2.05) is 6.07 Å². The SMILES string of the molecule is O=C(Oc1ccccc1-c1nc2ccccc2c(=O)[nH]1)c1ccc(Cl)cc1. The van der Waals surface area contributed by atoms with Crippen LogP contribution in [0.15, 0.2) is 77.6 Å². The third-order valence-electron chi connectivity index (χ3n) is 4.04. The Morgan fingerprint density at radius 3 is 2.44 bits per heavy atom. The molecule has 0 aliphatic carbocycles. The largest absolute Gasteiger partial charge is 0.422 e. The van der Waals surface area contributed by atoms with Gasteiger partial charge in [0.15, 0.2) is 0 Å². The summed E-state index contributed by atoms with van der Waals surface area (Å²) in [5, 5.41) is 1.03. The Labute approximate surface area is 159 Å². The number of halogens is 1. The van der Waals surface area contributed by atoms with Gasteiger partial charge in [-0.1, -0.05) is 35.9 Å². The van der Waals surface area contributed by atoms with Crippen molar-refractivity contribution in [3.63, 3.8) is 0 Å². The average molecular weight is 377 g/mol. The number of esters is 1. The Morgan fingerprint density at radius 1 is 0.926 bits per heavy atom. The van der Waals surface area contributed by atoms with Crippen molar-refractivity contribution >= 4 is 28.5 Å². The minimum Gasteiger partial charge on any atom is -0.422 e. The lowest BCUT2D eigenvalue weighted by Crippen LogP contribution is -2.12. The maximum Gasteiger partial charge on any atom is 0.343 e. The summed E-state index contributed by atoms with van der Waals surface area (Å²) in [7, 11) is 0. The number of ether oxygens (including phenoxy) is 1. The van der Waals surface area contributed by atoms with Gasteiger partial charge < -0.3 is 9.72 Å². The van der Waals surface area contributed by atoms with E-state index in [1.165, 1.54) is 0 Å². The molecule has 0 aliphatic rings. The highest BCUT2D eigenvalue weighted by atomic mass is 35.5. The van der Waals surface area contributed by atoms with E-state index in [4.69, 9.17) is 16.3 Å². The predicted octanol–water partition coefficient (Wildman–Crippen LogP) is 4.46. The molecule has 132 valence electrons. The van der Waals surface area contributed by atoms with E-state index >= 15 is 0 Å². The first kappa shape index (κ1) is 17.0. The molecule has 0 bridgehead atoms. The van der Waals surface area contributed by atoms with Crippen LogP contribution in [0.25, 0.3) is 22.3 Å². The fraction of sp³-hybridized carbons (Fsp3) is 0. The molecule has 6 heteroatoms. The smallest absolute Gasteiger partial charge is 0.343 e. The Hall–Kier alpha value is -3.44. The summed E-state index contributed by atoms with van der Waals surface area (Å²) in [5.41, 5.74) is 1.20. The molecule has 0 aliphatic heterocycles. The highest BCUT2D eigenvalue weighted by molar-refractivity contribution is 6.30. The molecule has 0 spiro atoms. The molecule has 1 heterocycles. The summed E-state index contributed by atoms with van der Waals surface area (Å²) in [5.74, 6) is 0.108. The van der Waals surface area contributed by atoms with Crippen LogP contribution in [0.5, 0.6) is 5.75 Å². The molecule has 4 aromatic rings. The number of H-pyrrole nitrogens is 1. The van der Waals surface area contributed by atoms with E-state index in [1.54, 1.807) is 66.7 Å². The lowest BCUT2D eigenvalue weighted by atomic mass is 10.1. The number of aromatic nitrogens is 2. The molecule has 0 fully saturated rings. The number of hydrogen-bond donors (Lipinski definition) is 1. The van der Waals surface area contributed by atoms with Crippen molar-refractivity contribution in [3.05, 3.63) is 93.7 Å². The molecule has 5 nitrogen and oxygen atoms in total. The fourth-order valence-corrected chi connectivity index (χ4v) is 2.84. The Kier molecular flexibility index (Phi) is 4.44. The number of rotatable bonds is 3. The van der Waals surface area contributed by atoms with Gasteiger partial charge in [-0.25, -0.2) is 9.78 Å². The molecule has 0 saturated carbocycles. The second kappa shape index (κ2) is 7.05. The standard InChI is InChI=1S/C21H13ClN2O3/c22-14-11-9-13(10-12-14)21(26)27-18-8-4-2-6-16(18)19-23-17-7-3-1-5-15(17)20(25)24-19/h1-12H,(H,23,24,25). The predicted molar refractivity (Wildman–Crippen MR) is 104 cm³/mol. The number of para-hydroxylation sites is 2. The zero-order valence-corrected chi connectivity index (χ0v) is 14.7. The molecule has 0 saturated heterocycles. The first-order valence-electron chi connectivity index (χ1n) is 8.18. The molecule has 1 N–H and O–H groups in total. The van der Waals surface area contributed by atoms with Crippen LogP contribution in [0.2, 0.25) is 5.02 Å². The molecular weight excluding hydrogens is 364 g/mol.